The van der Waals surface area contributed by atoms with E-state index >= 15 is 0 Å². The molecule has 1 atom stereocenters. The Kier molecular flexibility index (Phi) is 3.34. The number of carbonyl (C=O) groups excluding carboxylic acids is 1. The molecule has 0 spiro atoms. The molecule has 0 aliphatic heterocycles. The van der Waals surface area contributed by atoms with Gasteiger partial charge in [-0.2, -0.15) is 0 Å². The smallest absolute Gasteiger partial charge is 0.262 e. The molecule has 0 aromatic heterocycles. The van der Waals surface area contributed by atoms with E-state index < -0.39 is 6.04 Å². The van der Waals surface area contributed by atoms with E-state index in [0.29, 0.717) is 5.41 Å². The highest BCUT2D eigenvalue weighted by Gasteiger charge is 2.51. The number of hydrogen-bond acceptors (Lipinski definition) is 3. The van der Waals surface area contributed by atoms with E-state index in [-0.39, 0.29) is 5.91 Å². The number of nitrogens with two attached hydrogens (primary N) is 1. The Morgan fingerprint density at radius 3 is 2.16 bits per heavy atom. The van der Waals surface area contributed by atoms with Crippen LogP contribution in [-0.4, -0.2) is 31.2 Å². The summed E-state index contributed by atoms with van der Waals surface area (Å²) in [5.74, 6) is 2.65. The molecule has 4 heteroatoms. The predicted octanol–water partition coefficient (Wildman–Crippen LogP) is 1.94. The van der Waals surface area contributed by atoms with E-state index in [1.54, 1.807) is 7.05 Å². The first kappa shape index (κ1) is 13.4. The normalized spacial score (nSPS) is 41.3. The lowest BCUT2D eigenvalue weighted by Gasteiger charge is -2.57. The molecule has 4 aliphatic carbocycles. The van der Waals surface area contributed by atoms with Crippen molar-refractivity contribution in [1.29, 1.82) is 0 Å². The van der Waals surface area contributed by atoms with Crippen LogP contribution < -0.4 is 5.73 Å². The molecule has 0 radical (unpaired) electrons. The average Bonchev–Trinajstić information content (AvgIpc) is 2.34. The Morgan fingerprint density at radius 1 is 1.26 bits per heavy atom. The van der Waals surface area contributed by atoms with E-state index in [1.807, 2.05) is 0 Å². The summed E-state index contributed by atoms with van der Waals surface area (Å²) in [5.41, 5.74) is 6.50. The molecule has 1 unspecified atom stereocenters. The predicted molar refractivity (Wildman–Crippen MR) is 73.0 cm³/mol. The van der Waals surface area contributed by atoms with Crippen molar-refractivity contribution in [2.24, 2.45) is 28.9 Å². The summed E-state index contributed by atoms with van der Waals surface area (Å²) < 4.78 is 0. The van der Waals surface area contributed by atoms with E-state index in [1.165, 1.54) is 50.7 Å². The number of amides is 1. The van der Waals surface area contributed by atoms with Gasteiger partial charge in [-0.05, 0) is 68.1 Å². The van der Waals surface area contributed by atoms with Crippen molar-refractivity contribution in [2.75, 3.05) is 14.2 Å². The van der Waals surface area contributed by atoms with E-state index in [4.69, 9.17) is 10.6 Å². The molecule has 2 N–H and O–H groups in total. The molecule has 4 fully saturated rings. The SMILES string of the molecule is CON(C)C(=O)C(N)CC12CC3CC(CC(C3)C1)C2. The van der Waals surface area contributed by atoms with Crippen LogP contribution >= 0.6 is 0 Å². The number of hydroxylamine groups is 2. The number of likely N-dealkylation sites (N-methyl/N-ethyl adjacent to an activating group) is 1. The molecule has 19 heavy (non-hydrogen) atoms. The van der Waals surface area contributed by atoms with Gasteiger partial charge in [-0.15, -0.1) is 0 Å². The second-order valence-electron chi connectivity index (χ2n) is 7.25. The monoisotopic (exact) mass is 266 g/mol. The van der Waals surface area contributed by atoms with Gasteiger partial charge in [0, 0.05) is 7.05 Å². The summed E-state index contributed by atoms with van der Waals surface area (Å²) in [5, 5.41) is 1.27. The second kappa shape index (κ2) is 4.74. The highest BCUT2D eigenvalue weighted by molar-refractivity contribution is 5.80. The third-order valence-electron chi connectivity index (χ3n) is 5.72. The highest BCUT2D eigenvalue weighted by atomic mass is 16.7. The van der Waals surface area contributed by atoms with Crippen LogP contribution in [0.4, 0.5) is 0 Å². The summed E-state index contributed by atoms with van der Waals surface area (Å²) in [6.07, 6.45) is 9.05. The van der Waals surface area contributed by atoms with E-state index in [2.05, 4.69) is 0 Å². The van der Waals surface area contributed by atoms with Gasteiger partial charge in [0.1, 0.15) is 0 Å². The highest BCUT2D eigenvalue weighted by Crippen LogP contribution is 2.61. The molecule has 0 heterocycles. The second-order valence-corrected chi connectivity index (χ2v) is 7.25. The van der Waals surface area contributed by atoms with Crippen LogP contribution in [0.1, 0.15) is 44.9 Å². The topological polar surface area (TPSA) is 55.6 Å². The maximum absolute atomic E-state index is 12.1. The zero-order valence-electron chi connectivity index (χ0n) is 12.1. The maximum Gasteiger partial charge on any atom is 0.262 e. The van der Waals surface area contributed by atoms with Gasteiger partial charge in [-0.1, -0.05) is 0 Å². The van der Waals surface area contributed by atoms with Crippen LogP contribution in [0.15, 0.2) is 0 Å². The Morgan fingerprint density at radius 2 is 1.74 bits per heavy atom. The van der Waals surface area contributed by atoms with Crippen LogP contribution in [0.2, 0.25) is 0 Å². The van der Waals surface area contributed by atoms with Crippen molar-refractivity contribution >= 4 is 5.91 Å². The zero-order chi connectivity index (χ0) is 13.6. The maximum atomic E-state index is 12.1. The minimum atomic E-state index is -0.402. The third-order valence-corrected chi connectivity index (χ3v) is 5.72. The first-order valence-corrected chi connectivity index (χ1v) is 7.58. The Bertz CT molecular complexity index is 334. The van der Waals surface area contributed by atoms with E-state index in [9.17, 15) is 4.79 Å². The molecule has 0 aromatic carbocycles. The standard InChI is InChI=1S/C15H26N2O2/c1-17(19-2)14(18)13(16)9-15-6-10-3-11(7-15)5-12(4-10)8-15/h10-13H,3-9,16H2,1-2H3. The van der Waals surface area contributed by atoms with Crippen LogP contribution in [0.5, 0.6) is 0 Å². The van der Waals surface area contributed by atoms with Gasteiger partial charge in [0.2, 0.25) is 0 Å². The third kappa shape index (κ3) is 2.40. The molecular weight excluding hydrogens is 240 g/mol. The molecule has 1 amide bonds. The first-order valence-electron chi connectivity index (χ1n) is 7.58. The van der Waals surface area contributed by atoms with Crippen LogP contribution in [-0.2, 0) is 9.63 Å². The molecule has 4 aliphatic rings. The van der Waals surface area contributed by atoms with Crippen LogP contribution in [0, 0.1) is 23.2 Å². The van der Waals surface area contributed by atoms with Gasteiger partial charge in [0.25, 0.3) is 5.91 Å². The lowest BCUT2D eigenvalue weighted by atomic mass is 9.48. The number of carbonyl (C=O) groups is 1. The summed E-state index contributed by atoms with van der Waals surface area (Å²) in [7, 11) is 3.15. The zero-order valence-corrected chi connectivity index (χ0v) is 12.1. The fraction of sp³-hybridized carbons (Fsp3) is 0.933. The Hall–Kier alpha value is -0.610. The fourth-order valence-electron chi connectivity index (χ4n) is 5.42. The van der Waals surface area contributed by atoms with Gasteiger partial charge in [-0.3, -0.25) is 9.63 Å². The molecule has 4 bridgehead atoms. The summed E-state index contributed by atoms with van der Waals surface area (Å²) in [4.78, 5) is 17.0. The Labute approximate surface area is 115 Å². The molecule has 108 valence electrons. The van der Waals surface area contributed by atoms with Crippen molar-refractivity contribution in [3.8, 4) is 0 Å². The van der Waals surface area contributed by atoms with Crippen molar-refractivity contribution < 1.29 is 9.63 Å². The summed E-state index contributed by atoms with van der Waals surface area (Å²) >= 11 is 0. The van der Waals surface area contributed by atoms with Crippen molar-refractivity contribution in [3.63, 3.8) is 0 Å². The van der Waals surface area contributed by atoms with Gasteiger partial charge >= 0.3 is 0 Å². The minimum Gasteiger partial charge on any atom is -0.320 e. The number of hydrogen-bond donors (Lipinski definition) is 1. The van der Waals surface area contributed by atoms with Crippen molar-refractivity contribution in [2.45, 2.75) is 51.0 Å². The van der Waals surface area contributed by atoms with Crippen molar-refractivity contribution in [1.82, 2.24) is 5.06 Å². The van der Waals surface area contributed by atoms with Crippen LogP contribution in [0.25, 0.3) is 0 Å². The minimum absolute atomic E-state index is 0.0850. The quantitative estimate of drug-likeness (QED) is 0.791. The van der Waals surface area contributed by atoms with Crippen molar-refractivity contribution in [3.05, 3.63) is 0 Å². The van der Waals surface area contributed by atoms with Gasteiger partial charge < -0.3 is 5.73 Å². The largest absolute Gasteiger partial charge is 0.320 e. The average molecular weight is 266 g/mol. The molecular formula is C15H26N2O2. The van der Waals surface area contributed by atoms with Crippen LogP contribution in [0.3, 0.4) is 0 Å². The lowest BCUT2D eigenvalue weighted by Crippen LogP contribution is -2.51. The number of rotatable bonds is 4. The molecule has 4 saturated carbocycles. The lowest BCUT2D eigenvalue weighted by molar-refractivity contribution is -0.172. The summed E-state index contributed by atoms with van der Waals surface area (Å²) in [6, 6.07) is -0.402. The molecule has 4 nitrogen and oxygen atoms in total. The molecule has 0 aromatic rings. The Balaban J connectivity index is 1.67. The number of nitrogens with zero attached hydrogens (tertiary/aromatic N) is 1. The van der Waals surface area contributed by atoms with Gasteiger partial charge in [0.15, 0.2) is 0 Å². The molecule has 0 saturated heterocycles. The fourth-order valence-corrected chi connectivity index (χ4v) is 5.42. The van der Waals surface area contributed by atoms with Gasteiger partial charge in [0.05, 0.1) is 13.2 Å². The summed E-state index contributed by atoms with van der Waals surface area (Å²) in [6.45, 7) is 0. The van der Waals surface area contributed by atoms with Gasteiger partial charge in [-0.25, -0.2) is 5.06 Å². The molecule has 4 rings (SSSR count). The first-order chi connectivity index (χ1) is 9.01. The van der Waals surface area contributed by atoms with E-state index in [0.717, 1.165) is 24.2 Å².